The Morgan fingerprint density at radius 3 is 2.81 bits per heavy atom. The van der Waals surface area contributed by atoms with Crippen LogP contribution in [0.4, 0.5) is 0 Å². The van der Waals surface area contributed by atoms with Crippen LogP contribution in [0, 0.1) is 5.92 Å². The molecule has 1 aromatic rings. The molecule has 1 saturated carbocycles. The monoisotopic (exact) mass is 218 g/mol. The molecule has 0 bridgehead atoms. The van der Waals surface area contributed by atoms with E-state index in [-0.39, 0.29) is 5.91 Å². The first kappa shape index (κ1) is 11.1. The smallest absolute Gasteiger partial charge is 0.236 e. The molecule has 3 nitrogen and oxygen atoms in total. The van der Waals surface area contributed by atoms with Crippen LogP contribution >= 0.6 is 0 Å². The summed E-state index contributed by atoms with van der Waals surface area (Å²) in [5.74, 6) is 0.547. The third-order valence-electron chi connectivity index (χ3n) is 3.00. The Kier molecular flexibility index (Phi) is 3.25. The Morgan fingerprint density at radius 1 is 1.50 bits per heavy atom. The van der Waals surface area contributed by atoms with Crippen LogP contribution in [0.1, 0.15) is 18.9 Å². The van der Waals surface area contributed by atoms with Gasteiger partial charge in [-0.05, 0) is 31.2 Å². The second kappa shape index (κ2) is 4.66. The summed E-state index contributed by atoms with van der Waals surface area (Å²) in [7, 11) is 0. The van der Waals surface area contributed by atoms with Gasteiger partial charge in [-0.25, -0.2) is 0 Å². The SMILES string of the molecule is C[C@@H](N)C(=O)NC1CC1Cc1ccccc1. The highest BCUT2D eigenvalue weighted by atomic mass is 16.2. The molecule has 1 aliphatic carbocycles. The molecule has 86 valence electrons. The van der Waals surface area contributed by atoms with Crippen LogP contribution in [0.2, 0.25) is 0 Å². The molecule has 0 heterocycles. The number of hydrogen-bond donors (Lipinski definition) is 2. The quantitative estimate of drug-likeness (QED) is 0.794. The number of carbonyl (C=O) groups excluding carboxylic acids is 1. The van der Waals surface area contributed by atoms with Crippen molar-refractivity contribution in [2.24, 2.45) is 11.7 Å². The molecule has 1 aliphatic rings. The van der Waals surface area contributed by atoms with E-state index in [1.807, 2.05) is 18.2 Å². The number of amides is 1. The maximum absolute atomic E-state index is 11.4. The Balaban J connectivity index is 1.78. The number of hydrogen-bond acceptors (Lipinski definition) is 2. The fourth-order valence-electron chi connectivity index (χ4n) is 1.88. The highest BCUT2D eigenvalue weighted by Gasteiger charge is 2.38. The normalized spacial score (nSPS) is 24.9. The van der Waals surface area contributed by atoms with Gasteiger partial charge in [0.05, 0.1) is 6.04 Å². The molecule has 1 fully saturated rings. The summed E-state index contributed by atoms with van der Waals surface area (Å²) < 4.78 is 0. The minimum absolute atomic E-state index is 0.0411. The fourth-order valence-corrected chi connectivity index (χ4v) is 1.88. The van der Waals surface area contributed by atoms with Crippen LogP contribution in [0.15, 0.2) is 30.3 Å². The molecule has 0 aromatic heterocycles. The number of benzene rings is 1. The highest BCUT2D eigenvalue weighted by Crippen LogP contribution is 2.33. The first-order valence-corrected chi connectivity index (χ1v) is 5.76. The molecule has 2 rings (SSSR count). The number of rotatable bonds is 4. The van der Waals surface area contributed by atoms with Crippen molar-refractivity contribution in [3.8, 4) is 0 Å². The number of carbonyl (C=O) groups is 1. The third kappa shape index (κ3) is 2.83. The molecule has 2 unspecified atom stereocenters. The van der Waals surface area contributed by atoms with Gasteiger partial charge in [-0.15, -0.1) is 0 Å². The van der Waals surface area contributed by atoms with E-state index < -0.39 is 6.04 Å². The van der Waals surface area contributed by atoms with E-state index in [0.29, 0.717) is 12.0 Å². The molecule has 16 heavy (non-hydrogen) atoms. The molecule has 0 radical (unpaired) electrons. The summed E-state index contributed by atoms with van der Waals surface area (Å²) in [6, 6.07) is 10.3. The standard InChI is InChI=1S/C13H18N2O/c1-9(14)13(16)15-12-8-11(12)7-10-5-3-2-4-6-10/h2-6,9,11-12H,7-8,14H2,1H3,(H,15,16)/t9-,11?,12?/m1/s1. The topological polar surface area (TPSA) is 55.1 Å². The Bertz CT molecular complexity index is 361. The highest BCUT2D eigenvalue weighted by molar-refractivity contribution is 5.81. The van der Waals surface area contributed by atoms with Gasteiger partial charge in [0.2, 0.25) is 5.91 Å². The second-order valence-corrected chi connectivity index (χ2v) is 4.59. The van der Waals surface area contributed by atoms with Crippen LogP contribution in [-0.2, 0) is 11.2 Å². The van der Waals surface area contributed by atoms with Crippen molar-refractivity contribution in [3.63, 3.8) is 0 Å². The summed E-state index contributed by atoms with van der Waals surface area (Å²) >= 11 is 0. The lowest BCUT2D eigenvalue weighted by molar-refractivity contribution is -0.122. The maximum atomic E-state index is 11.4. The van der Waals surface area contributed by atoms with Crippen molar-refractivity contribution >= 4 is 5.91 Å². The number of nitrogens with two attached hydrogens (primary N) is 1. The second-order valence-electron chi connectivity index (χ2n) is 4.59. The molecule has 1 amide bonds. The van der Waals surface area contributed by atoms with Gasteiger partial charge in [-0.2, -0.15) is 0 Å². The van der Waals surface area contributed by atoms with Crippen molar-refractivity contribution in [1.29, 1.82) is 0 Å². The predicted octanol–water partition coefficient (Wildman–Crippen LogP) is 1.08. The fraction of sp³-hybridized carbons (Fsp3) is 0.462. The van der Waals surface area contributed by atoms with Crippen LogP contribution in [-0.4, -0.2) is 18.0 Å². The average Bonchev–Trinajstić information content (AvgIpc) is 2.97. The van der Waals surface area contributed by atoms with Gasteiger partial charge in [0.15, 0.2) is 0 Å². The Morgan fingerprint density at radius 2 is 2.19 bits per heavy atom. The zero-order chi connectivity index (χ0) is 11.5. The van der Waals surface area contributed by atoms with E-state index in [4.69, 9.17) is 5.73 Å². The van der Waals surface area contributed by atoms with E-state index in [1.54, 1.807) is 6.92 Å². The van der Waals surface area contributed by atoms with E-state index in [1.165, 1.54) is 5.56 Å². The molecule has 0 saturated heterocycles. The first-order valence-electron chi connectivity index (χ1n) is 5.76. The molecule has 0 aliphatic heterocycles. The van der Waals surface area contributed by atoms with Gasteiger partial charge in [0, 0.05) is 6.04 Å². The van der Waals surface area contributed by atoms with Gasteiger partial charge >= 0.3 is 0 Å². The van der Waals surface area contributed by atoms with Crippen molar-refractivity contribution in [3.05, 3.63) is 35.9 Å². The number of nitrogens with one attached hydrogen (secondary N) is 1. The summed E-state index contributed by atoms with van der Waals surface area (Å²) in [5, 5.41) is 2.96. The summed E-state index contributed by atoms with van der Waals surface area (Å²) in [6.45, 7) is 1.71. The molecule has 3 N–H and O–H groups in total. The summed E-state index contributed by atoms with van der Waals surface area (Å²) in [5.41, 5.74) is 6.84. The predicted molar refractivity (Wildman–Crippen MR) is 63.8 cm³/mol. The minimum atomic E-state index is -0.405. The minimum Gasteiger partial charge on any atom is -0.352 e. The van der Waals surface area contributed by atoms with E-state index >= 15 is 0 Å². The zero-order valence-corrected chi connectivity index (χ0v) is 9.52. The zero-order valence-electron chi connectivity index (χ0n) is 9.52. The van der Waals surface area contributed by atoms with Gasteiger partial charge in [0.25, 0.3) is 0 Å². The summed E-state index contributed by atoms with van der Waals surface area (Å²) in [6.07, 6.45) is 2.12. The third-order valence-corrected chi connectivity index (χ3v) is 3.00. The van der Waals surface area contributed by atoms with Gasteiger partial charge in [-0.1, -0.05) is 30.3 Å². The Hall–Kier alpha value is -1.35. The largest absolute Gasteiger partial charge is 0.352 e. The van der Waals surface area contributed by atoms with Crippen molar-refractivity contribution in [1.82, 2.24) is 5.32 Å². The first-order chi connectivity index (χ1) is 7.66. The van der Waals surface area contributed by atoms with Crippen LogP contribution in [0.3, 0.4) is 0 Å². The van der Waals surface area contributed by atoms with Gasteiger partial charge in [-0.3, -0.25) is 4.79 Å². The van der Waals surface area contributed by atoms with Crippen molar-refractivity contribution in [2.45, 2.75) is 31.8 Å². The van der Waals surface area contributed by atoms with E-state index in [2.05, 4.69) is 17.4 Å². The molecular weight excluding hydrogens is 200 g/mol. The van der Waals surface area contributed by atoms with Crippen LogP contribution < -0.4 is 11.1 Å². The van der Waals surface area contributed by atoms with Gasteiger partial charge < -0.3 is 11.1 Å². The van der Waals surface area contributed by atoms with Gasteiger partial charge in [0.1, 0.15) is 0 Å². The Labute approximate surface area is 96.0 Å². The average molecular weight is 218 g/mol. The maximum Gasteiger partial charge on any atom is 0.236 e. The molecule has 3 heteroatoms. The van der Waals surface area contributed by atoms with Crippen LogP contribution in [0.25, 0.3) is 0 Å². The molecule has 1 aromatic carbocycles. The van der Waals surface area contributed by atoms with E-state index in [9.17, 15) is 4.79 Å². The van der Waals surface area contributed by atoms with E-state index in [0.717, 1.165) is 12.8 Å². The lowest BCUT2D eigenvalue weighted by Gasteiger charge is -2.07. The van der Waals surface area contributed by atoms with Crippen LogP contribution in [0.5, 0.6) is 0 Å². The summed E-state index contributed by atoms with van der Waals surface area (Å²) in [4.78, 5) is 11.4. The lowest BCUT2D eigenvalue weighted by Crippen LogP contribution is -2.40. The molecule has 0 spiro atoms. The van der Waals surface area contributed by atoms with Crippen molar-refractivity contribution < 1.29 is 4.79 Å². The van der Waals surface area contributed by atoms with Crippen molar-refractivity contribution in [2.75, 3.05) is 0 Å². The molecular formula is C13H18N2O. The molecule has 3 atom stereocenters. The lowest BCUT2D eigenvalue weighted by atomic mass is 10.1.